The minimum Gasteiger partial charge on any atom is -0.462 e. The molecule has 0 aliphatic carbocycles. The number of carbonyl (C=O) groups is 2. The number of phosphoric ester groups is 2. The van der Waals surface area contributed by atoms with Crippen LogP contribution >= 0.6 is 15.6 Å². The fourth-order valence-corrected chi connectivity index (χ4v) is 7.54. The number of carbonyl (C=O) groups excluding carboxylic acids is 2. The second-order valence-corrected chi connectivity index (χ2v) is 19.2. The number of ether oxygens (including phenoxy) is 2. The monoisotopic (exact) mass is 903 g/mol. The first-order valence-corrected chi connectivity index (χ1v) is 25.9. The third-order valence-corrected chi connectivity index (χ3v) is 11.5. The van der Waals surface area contributed by atoms with Crippen molar-refractivity contribution in [3.05, 3.63) is 12.2 Å². The van der Waals surface area contributed by atoms with E-state index in [0.717, 1.165) is 63.7 Å². The molecule has 356 valence electrons. The summed E-state index contributed by atoms with van der Waals surface area (Å²) >= 11 is 0. The summed E-state index contributed by atoms with van der Waals surface area (Å²) in [5.74, 6) is -0.338. The number of allylic oxidation sites excluding steroid dienone is 1. The van der Waals surface area contributed by atoms with E-state index in [2.05, 4.69) is 29.8 Å². The third-order valence-electron chi connectivity index (χ3n) is 10.0. The van der Waals surface area contributed by atoms with Gasteiger partial charge in [-0.1, -0.05) is 155 Å². The maximum atomic E-state index is 12.7. The first kappa shape index (κ1) is 58.8. The summed E-state index contributed by atoms with van der Waals surface area (Å²) in [6, 6.07) is 0. The van der Waals surface area contributed by atoms with E-state index in [9.17, 15) is 38.9 Å². The van der Waals surface area contributed by atoms with E-state index in [1.807, 2.05) is 12.2 Å². The normalized spacial score (nSPS) is 15.2. The number of hydrogen-bond donors (Lipinski definition) is 6. The van der Waals surface area contributed by atoms with Gasteiger partial charge in [0.15, 0.2) is 6.10 Å². The lowest BCUT2D eigenvalue weighted by molar-refractivity contribution is -0.161. The van der Waals surface area contributed by atoms with Crippen molar-refractivity contribution < 1.29 is 71.8 Å². The van der Waals surface area contributed by atoms with Crippen molar-refractivity contribution in [3.8, 4) is 0 Å². The fraction of sp³-hybridized carbons (Fsp3) is 0.907. The van der Waals surface area contributed by atoms with Crippen molar-refractivity contribution in [1.29, 1.82) is 0 Å². The molecule has 0 aromatic rings. The van der Waals surface area contributed by atoms with Crippen LogP contribution in [0.3, 0.4) is 0 Å². The zero-order valence-electron chi connectivity index (χ0n) is 37.2. The van der Waals surface area contributed by atoms with E-state index in [1.165, 1.54) is 70.6 Å². The van der Waals surface area contributed by atoms with Gasteiger partial charge in [0.25, 0.3) is 0 Å². The molecule has 0 fully saturated rings. The zero-order chi connectivity index (χ0) is 44.9. The second-order valence-electron chi connectivity index (χ2n) is 16.5. The van der Waals surface area contributed by atoms with E-state index in [4.69, 9.17) is 23.8 Å². The SMILES string of the molecule is CCCCC/C=C\C[C@H](O)[C@@H](O)CCCCCCCC(=O)O[C@H](COC(=O)CCCCCCCCCCCCCCCC(C)C)COP(=O)(O)OC[C@@H](O)COP(=O)(O)O. The Balaban J connectivity index is 4.58. The van der Waals surface area contributed by atoms with Gasteiger partial charge in [0.2, 0.25) is 0 Å². The van der Waals surface area contributed by atoms with Gasteiger partial charge < -0.3 is 39.5 Å². The summed E-state index contributed by atoms with van der Waals surface area (Å²) in [6.45, 7) is 3.87. The molecule has 17 heteroatoms. The summed E-state index contributed by atoms with van der Waals surface area (Å²) in [6.07, 6.45) is 25.1. The van der Waals surface area contributed by atoms with Crippen LogP contribution < -0.4 is 0 Å². The van der Waals surface area contributed by atoms with Gasteiger partial charge in [-0.05, 0) is 44.4 Å². The quantitative estimate of drug-likeness (QED) is 0.0145. The molecule has 15 nitrogen and oxygen atoms in total. The molecule has 0 saturated carbocycles. The molecule has 1 unspecified atom stereocenters. The Labute approximate surface area is 361 Å². The van der Waals surface area contributed by atoms with Crippen molar-refractivity contribution in [3.63, 3.8) is 0 Å². The molecule has 0 radical (unpaired) electrons. The van der Waals surface area contributed by atoms with Gasteiger partial charge in [0.1, 0.15) is 12.7 Å². The van der Waals surface area contributed by atoms with Crippen molar-refractivity contribution >= 4 is 27.6 Å². The Kier molecular flexibility index (Phi) is 37.5. The molecule has 0 aromatic carbocycles. The molecule has 0 aromatic heterocycles. The Bertz CT molecular complexity index is 1170. The first-order chi connectivity index (χ1) is 28.5. The van der Waals surface area contributed by atoms with E-state index >= 15 is 0 Å². The smallest absolute Gasteiger partial charge is 0.462 e. The Morgan fingerprint density at radius 3 is 1.57 bits per heavy atom. The van der Waals surface area contributed by atoms with Crippen LogP contribution in [0.1, 0.15) is 194 Å². The van der Waals surface area contributed by atoms with Crippen molar-refractivity contribution in [1.82, 2.24) is 0 Å². The van der Waals surface area contributed by atoms with E-state index in [0.29, 0.717) is 32.1 Å². The Hall–Kier alpha value is -1.22. The highest BCUT2D eigenvalue weighted by atomic mass is 31.2. The standard InChI is InChI=1S/C43H84O15P2/c1-4-5-6-7-19-24-29-40(45)41(46)30-25-20-17-22-27-32-43(48)58-39(36-57-60(52,53)56-34-38(44)33-55-59(49,50)51)35-54-42(47)31-26-21-16-14-12-10-8-9-11-13-15-18-23-28-37(2)3/h19,24,37-41,44-46H,4-18,20-23,25-36H2,1-3H3,(H,52,53)(H2,49,50,51)/b24-19-/t38-,39+,40-,41-/m0/s1. The van der Waals surface area contributed by atoms with Gasteiger partial charge in [-0.2, -0.15) is 0 Å². The average Bonchev–Trinajstić information content (AvgIpc) is 3.19. The van der Waals surface area contributed by atoms with Gasteiger partial charge in [-0.25, -0.2) is 9.13 Å². The molecule has 60 heavy (non-hydrogen) atoms. The highest BCUT2D eigenvalue weighted by molar-refractivity contribution is 7.47. The highest BCUT2D eigenvalue weighted by Crippen LogP contribution is 2.43. The molecule has 0 rings (SSSR count). The number of rotatable bonds is 43. The lowest BCUT2D eigenvalue weighted by Gasteiger charge is -2.20. The van der Waals surface area contributed by atoms with Crippen molar-refractivity contribution in [2.24, 2.45) is 5.92 Å². The number of aliphatic hydroxyl groups is 3. The van der Waals surface area contributed by atoms with Crippen LogP contribution in [0.2, 0.25) is 0 Å². The zero-order valence-corrected chi connectivity index (χ0v) is 39.0. The fourth-order valence-electron chi connectivity index (χ4n) is 6.38. The van der Waals surface area contributed by atoms with Crippen LogP contribution in [-0.4, -0.2) is 92.8 Å². The van der Waals surface area contributed by atoms with Gasteiger partial charge in [-0.3, -0.25) is 23.2 Å². The number of unbranched alkanes of at least 4 members (excludes halogenated alkanes) is 19. The molecule has 6 N–H and O–H groups in total. The molecule has 0 aliphatic heterocycles. The third kappa shape index (κ3) is 40.8. The lowest BCUT2D eigenvalue weighted by atomic mass is 10.0. The predicted octanol–water partition coefficient (Wildman–Crippen LogP) is 9.53. The summed E-state index contributed by atoms with van der Waals surface area (Å²) in [5.41, 5.74) is 0. The second kappa shape index (κ2) is 38.3. The van der Waals surface area contributed by atoms with Crippen LogP contribution in [0.15, 0.2) is 12.2 Å². The maximum absolute atomic E-state index is 12.7. The molecule has 5 atom stereocenters. The molecule has 0 aliphatic rings. The number of phosphoric acid groups is 2. The first-order valence-electron chi connectivity index (χ1n) is 22.9. The van der Waals surface area contributed by atoms with E-state index < -0.39 is 78.4 Å². The summed E-state index contributed by atoms with van der Waals surface area (Å²) in [4.78, 5) is 52.8. The molecule has 0 amide bonds. The number of esters is 2. The van der Waals surface area contributed by atoms with E-state index in [1.54, 1.807) is 0 Å². The van der Waals surface area contributed by atoms with Crippen molar-refractivity contribution in [2.45, 2.75) is 219 Å². The minimum absolute atomic E-state index is 0.0357. The molecule has 0 saturated heterocycles. The Morgan fingerprint density at radius 1 is 0.550 bits per heavy atom. The maximum Gasteiger partial charge on any atom is 0.472 e. The van der Waals surface area contributed by atoms with Gasteiger partial charge in [0, 0.05) is 12.8 Å². The largest absolute Gasteiger partial charge is 0.472 e. The predicted molar refractivity (Wildman–Crippen MR) is 233 cm³/mol. The summed E-state index contributed by atoms with van der Waals surface area (Å²) < 4.78 is 47.7. The van der Waals surface area contributed by atoms with E-state index in [-0.39, 0.29) is 12.8 Å². The highest BCUT2D eigenvalue weighted by Gasteiger charge is 2.28. The van der Waals surface area contributed by atoms with Gasteiger partial charge >= 0.3 is 27.6 Å². The molecule has 0 spiro atoms. The molecular formula is C43H84O15P2. The minimum atomic E-state index is -4.88. The van der Waals surface area contributed by atoms with Gasteiger partial charge in [-0.15, -0.1) is 0 Å². The summed E-state index contributed by atoms with van der Waals surface area (Å²) in [7, 11) is -9.72. The molecule has 0 bridgehead atoms. The van der Waals surface area contributed by atoms with Gasteiger partial charge in [0.05, 0.1) is 32.0 Å². The number of aliphatic hydroxyl groups excluding tert-OH is 3. The molecule has 0 heterocycles. The summed E-state index contributed by atoms with van der Waals surface area (Å²) in [5, 5.41) is 30.2. The van der Waals surface area contributed by atoms with Crippen LogP contribution in [0.5, 0.6) is 0 Å². The van der Waals surface area contributed by atoms with Crippen LogP contribution in [0.25, 0.3) is 0 Å². The molecular weight excluding hydrogens is 818 g/mol. The number of hydrogen-bond acceptors (Lipinski definition) is 12. The van der Waals surface area contributed by atoms with Crippen LogP contribution in [-0.2, 0) is 41.8 Å². The lowest BCUT2D eigenvalue weighted by Crippen LogP contribution is -2.30. The Morgan fingerprint density at radius 2 is 1.03 bits per heavy atom. The van der Waals surface area contributed by atoms with Crippen LogP contribution in [0.4, 0.5) is 0 Å². The van der Waals surface area contributed by atoms with Crippen LogP contribution in [0, 0.1) is 5.92 Å². The average molecular weight is 903 g/mol. The topological polar surface area (TPSA) is 236 Å². The van der Waals surface area contributed by atoms with Crippen molar-refractivity contribution in [2.75, 3.05) is 26.4 Å².